The number of fused-ring (bicyclic) bond motifs is 1. The molecule has 6 N–H and O–H groups in total. The molecule has 1 unspecified atom stereocenters. The number of unbranched alkanes of at least 4 members (excludes halogenated alkanes) is 1. The summed E-state index contributed by atoms with van der Waals surface area (Å²) in [6, 6.07) is 24.8. The average molecular weight is 849 g/mol. The normalized spacial score (nSPS) is 15.4. The second-order valence-corrected chi connectivity index (χ2v) is 13.9. The Kier molecular flexibility index (Phi) is 23.4. The number of carboxylic acid groups (broad SMARTS) is 6. The highest BCUT2D eigenvalue weighted by molar-refractivity contribution is 5.90. The third kappa shape index (κ3) is 22.0. The van der Waals surface area contributed by atoms with Crippen molar-refractivity contribution in [1.29, 1.82) is 0 Å². The fourth-order valence-corrected chi connectivity index (χ4v) is 6.42. The lowest BCUT2D eigenvalue weighted by Gasteiger charge is -2.42. The van der Waals surface area contributed by atoms with Gasteiger partial charge in [-0.25, -0.2) is 28.8 Å². The molecule has 0 aliphatic carbocycles. The number of aryl methyl sites for hydroxylation is 1. The van der Waals surface area contributed by atoms with E-state index in [0.29, 0.717) is 42.5 Å². The topological polar surface area (TPSA) is 246 Å². The molecule has 0 saturated carbocycles. The van der Waals surface area contributed by atoms with Gasteiger partial charge in [-0.05, 0) is 66.9 Å². The molecule has 2 heterocycles. The average Bonchev–Trinajstić information content (AvgIpc) is 3.24. The predicted octanol–water partition coefficient (Wildman–Crippen LogP) is 3.91. The number of hydrogen-bond acceptors (Lipinski definition) is 11. The van der Waals surface area contributed by atoms with Gasteiger partial charge in [0.1, 0.15) is 5.75 Å². The highest BCUT2D eigenvalue weighted by Crippen LogP contribution is 2.26. The zero-order valence-corrected chi connectivity index (χ0v) is 34.4. The lowest BCUT2D eigenvalue weighted by molar-refractivity contribution is -0.134. The number of likely N-dealkylation sites (N-methyl/N-ethyl adjacent to an activating group) is 1. The molecule has 0 radical (unpaired) electrons. The SMILES string of the molecule is COc1ccc(C(CN2CCN(CCCCc3cccc4ccccc34)CC2)N2CCN(C)CC2)cc1.O=C(O)/C=C\C(=O)O.O=C(O)/C=C\C(=O)O.O=C(O)/C=C\C(=O)O. The number of nitrogens with zero attached hydrogens (tertiary/aromatic N) is 4. The Morgan fingerprint density at radius 3 is 1.51 bits per heavy atom. The van der Waals surface area contributed by atoms with Gasteiger partial charge in [-0.1, -0.05) is 54.6 Å². The molecule has 5 rings (SSSR count). The smallest absolute Gasteiger partial charge is 0.328 e. The minimum atomic E-state index is -1.26. The Bertz CT molecular complexity index is 1820. The van der Waals surface area contributed by atoms with Crippen molar-refractivity contribution in [1.82, 2.24) is 19.6 Å². The van der Waals surface area contributed by atoms with Crippen molar-refractivity contribution in [2.45, 2.75) is 25.3 Å². The van der Waals surface area contributed by atoms with Crippen molar-refractivity contribution in [3.63, 3.8) is 0 Å². The lowest BCUT2D eigenvalue weighted by atomic mass is 10.00. The van der Waals surface area contributed by atoms with Crippen LogP contribution in [0.3, 0.4) is 0 Å². The van der Waals surface area contributed by atoms with E-state index in [1.807, 2.05) is 0 Å². The highest BCUT2D eigenvalue weighted by atomic mass is 16.5. The van der Waals surface area contributed by atoms with E-state index in [1.54, 1.807) is 7.11 Å². The molecule has 17 nitrogen and oxygen atoms in total. The number of carboxylic acids is 6. The van der Waals surface area contributed by atoms with E-state index >= 15 is 0 Å². The molecule has 17 heteroatoms. The summed E-state index contributed by atoms with van der Waals surface area (Å²) < 4.78 is 5.42. The van der Waals surface area contributed by atoms with Gasteiger partial charge >= 0.3 is 35.8 Å². The minimum Gasteiger partial charge on any atom is -0.497 e. The number of carbonyl (C=O) groups is 6. The molecule has 0 amide bonds. The third-order valence-electron chi connectivity index (χ3n) is 9.53. The van der Waals surface area contributed by atoms with E-state index in [-0.39, 0.29) is 0 Å². The van der Waals surface area contributed by atoms with Crippen LogP contribution in [0.25, 0.3) is 10.8 Å². The van der Waals surface area contributed by atoms with E-state index in [4.69, 9.17) is 35.4 Å². The van der Waals surface area contributed by atoms with Crippen LogP contribution in [0.5, 0.6) is 5.75 Å². The van der Waals surface area contributed by atoms with E-state index < -0.39 is 35.8 Å². The molecular weight excluding hydrogens is 792 g/mol. The van der Waals surface area contributed by atoms with Gasteiger partial charge in [-0.3, -0.25) is 9.80 Å². The van der Waals surface area contributed by atoms with E-state index in [1.165, 1.54) is 73.9 Å². The molecule has 2 saturated heterocycles. The van der Waals surface area contributed by atoms with Crippen molar-refractivity contribution < 1.29 is 64.1 Å². The van der Waals surface area contributed by atoms with Crippen LogP contribution in [-0.2, 0) is 35.2 Å². The molecule has 330 valence electrons. The molecule has 0 spiro atoms. The monoisotopic (exact) mass is 848 g/mol. The summed E-state index contributed by atoms with van der Waals surface area (Å²) in [5, 5.41) is 49.7. The molecular formula is C44H56N4O13. The van der Waals surface area contributed by atoms with Gasteiger partial charge < -0.3 is 45.2 Å². The Morgan fingerprint density at radius 1 is 0.574 bits per heavy atom. The molecule has 0 bridgehead atoms. The quantitative estimate of drug-likeness (QED) is 0.0884. The molecule has 3 aromatic rings. The second kappa shape index (κ2) is 28.1. The molecule has 3 aromatic carbocycles. The zero-order chi connectivity index (χ0) is 45.2. The van der Waals surface area contributed by atoms with E-state index in [2.05, 4.69) is 93.4 Å². The third-order valence-corrected chi connectivity index (χ3v) is 9.53. The number of benzene rings is 3. The fraction of sp³-hybridized carbons (Fsp3) is 0.364. The van der Waals surface area contributed by atoms with Gasteiger partial charge in [-0.15, -0.1) is 0 Å². The molecule has 0 aromatic heterocycles. The summed E-state index contributed by atoms with van der Waals surface area (Å²) in [5.74, 6) is -6.60. The molecule has 2 fully saturated rings. The molecule has 2 aliphatic heterocycles. The number of methoxy groups -OCH3 is 1. The lowest BCUT2D eigenvalue weighted by Crippen LogP contribution is -2.52. The van der Waals surface area contributed by atoms with Crippen LogP contribution in [0.1, 0.15) is 30.0 Å². The summed E-state index contributed by atoms with van der Waals surface area (Å²) in [4.78, 5) is 67.8. The maximum Gasteiger partial charge on any atom is 0.328 e. The molecule has 1 atom stereocenters. The van der Waals surface area contributed by atoms with Crippen LogP contribution in [0.15, 0.2) is 103 Å². The summed E-state index contributed by atoms with van der Waals surface area (Å²) in [5.41, 5.74) is 2.91. The number of hydrogen-bond donors (Lipinski definition) is 6. The number of rotatable bonds is 16. The van der Waals surface area contributed by atoms with Gasteiger partial charge in [0.25, 0.3) is 0 Å². The maximum atomic E-state index is 9.55. The van der Waals surface area contributed by atoms with Crippen LogP contribution in [0, 0.1) is 0 Å². The number of piperazine rings is 2. The van der Waals surface area contributed by atoms with Crippen LogP contribution in [-0.4, -0.2) is 166 Å². The summed E-state index contributed by atoms with van der Waals surface area (Å²) in [6.45, 7) is 11.6. The van der Waals surface area contributed by atoms with Gasteiger partial charge in [0.05, 0.1) is 7.11 Å². The largest absolute Gasteiger partial charge is 0.497 e. The number of ether oxygens (including phenoxy) is 1. The van der Waals surface area contributed by atoms with Crippen LogP contribution < -0.4 is 4.74 Å². The van der Waals surface area contributed by atoms with Crippen LogP contribution in [0.4, 0.5) is 0 Å². The highest BCUT2D eigenvalue weighted by Gasteiger charge is 2.27. The van der Waals surface area contributed by atoms with Crippen molar-refractivity contribution in [3.05, 3.63) is 114 Å². The fourth-order valence-electron chi connectivity index (χ4n) is 6.42. The van der Waals surface area contributed by atoms with Crippen LogP contribution in [0.2, 0.25) is 0 Å². The van der Waals surface area contributed by atoms with Gasteiger partial charge in [-0.2, -0.15) is 0 Å². The Hall–Kier alpha value is -6.40. The van der Waals surface area contributed by atoms with Crippen molar-refractivity contribution in [3.8, 4) is 5.75 Å². The van der Waals surface area contributed by atoms with Crippen molar-refractivity contribution in [2.75, 3.05) is 79.6 Å². The van der Waals surface area contributed by atoms with Crippen molar-refractivity contribution in [2.24, 2.45) is 0 Å². The second-order valence-electron chi connectivity index (χ2n) is 13.9. The Morgan fingerprint density at radius 2 is 1.03 bits per heavy atom. The first kappa shape index (κ1) is 50.7. The Balaban J connectivity index is 0.000000435. The van der Waals surface area contributed by atoms with Gasteiger partial charge in [0.15, 0.2) is 0 Å². The molecule has 61 heavy (non-hydrogen) atoms. The summed E-state index contributed by atoms with van der Waals surface area (Å²) >= 11 is 0. The van der Waals surface area contributed by atoms with Crippen LogP contribution >= 0.6 is 0 Å². The Labute approximate surface area is 354 Å². The zero-order valence-electron chi connectivity index (χ0n) is 34.4. The maximum absolute atomic E-state index is 9.55. The first-order chi connectivity index (χ1) is 29.1. The molecule has 2 aliphatic rings. The van der Waals surface area contributed by atoms with E-state index in [9.17, 15) is 28.8 Å². The standard InChI is InChI=1S/C32H44N4O.3C4H4O4/c1-33-18-24-36(25-19-33)32(29-13-15-30(37-2)16-14-29)26-35-22-20-34(21-23-35)17-6-5-9-28-11-7-10-27-8-3-4-12-31(27)28;3*5-3(6)1-2-4(7)8/h3-4,7-8,10-16,32H,5-6,9,17-26H2,1-2H3;3*1-2H,(H,5,6)(H,7,8)/b;3*2-1-. The van der Waals surface area contributed by atoms with Crippen molar-refractivity contribution >= 4 is 46.6 Å². The predicted molar refractivity (Wildman–Crippen MR) is 228 cm³/mol. The van der Waals surface area contributed by atoms with E-state index in [0.717, 1.165) is 38.5 Å². The first-order valence-electron chi connectivity index (χ1n) is 19.5. The summed E-state index contributed by atoms with van der Waals surface area (Å²) in [6.07, 6.45) is 7.06. The number of aliphatic carboxylic acids is 6. The first-order valence-corrected chi connectivity index (χ1v) is 19.5. The minimum absolute atomic E-state index is 0.451. The summed E-state index contributed by atoms with van der Waals surface area (Å²) in [7, 11) is 3.98. The van der Waals surface area contributed by atoms with Gasteiger partial charge in [0, 0.05) is 101 Å². The van der Waals surface area contributed by atoms with Gasteiger partial charge in [0.2, 0.25) is 0 Å².